The topological polar surface area (TPSA) is 38.0 Å². The van der Waals surface area contributed by atoms with Crippen LogP contribution in [0.25, 0.3) is 0 Å². The first-order chi connectivity index (χ1) is 8.58. The summed E-state index contributed by atoms with van der Waals surface area (Å²) in [6.45, 7) is 0. The van der Waals surface area contributed by atoms with E-state index >= 15 is 0 Å². The molecule has 0 spiro atoms. The Morgan fingerprint density at radius 2 is 2.28 bits per heavy atom. The smallest absolute Gasteiger partial charge is 0.124 e. The zero-order chi connectivity index (χ0) is 13.1. The van der Waals surface area contributed by atoms with E-state index in [1.807, 2.05) is 40.4 Å². The molecule has 0 bridgehead atoms. The Morgan fingerprint density at radius 3 is 2.89 bits per heavy atom. The first-order valence-corrected chi connectivity index (χ1v) is 6.75. The van der Waals surface area contributed by atoms with Crippen molar-refractivity contribution in [2.45, 2.75) is 18.9 Å². The van der Waals surface area contributed by atoms with Crippen molar-refractivity contribution in [2.24, 2.45) is 7.05 Å². The summed E-state index contributed by atoms with van der Waals surface area (Å²) in [7, 11) is 1.93. The van der Waals surface area contributed by atoms with E-state index in [1.54, 1.807) is 12.3 Å². The molecule has 0 amide bonds. The number of nitrogens with zero attached hydrogens (tertiary/aromatic N) is 2. The maximum Gasteiger partial charge on any atom is 0.124 e. The maximum atomic E-state index is 13.0. The zero-order valence-electron chi connectivity index (χ0n) is 9.98. The highest BCUT2D eigenvalue weighted by atomic mass is 127. The molecule has 1 unspecified atom stereocenters. The minimum Gasteiger partial charge on any atom is -0.388 e. The molecule has 0 radical (unpaired) electrons. The number of imidazole rings is 1. The molecule has 0 saturated heterocycles. The summed E-state index contributed by atoms with van der Waals surface area (Å²) in [5.74, 6) is 0.658. The highest BCUT2D eigenvalue weighted by Crippen LogP contribution is 2.24. The lowest BCUT2D eigenvalue weighted by Crippen LogP contribution is -2.05. The molecule has 1 atom stereocenters. The lowest BCUT2D eigenvalue weighted by atomic mass is 10.0. The van der Waals surface area contributed by atoms with Crippen LogP contribution in [0.2, 0.25) is 0 Å². The molecule has 1 heterocycles. The van der Waals surface area contributed by atoms with E-state index < -0.39 is 6.10 Å². The van der Waals surface area contributed by atoms with Crippen molar-refractivity contribution in [2.75, 3.05) is 0 Å². The van der Waals surface area contributed by atoms with Crippen molar-refractivity contribution in [3.05, 3.63) is 51.4 Å². The van der Waals surface area contributed by atoms with Gasteiger partial charge in [0.25, 0.3) is 0 Å². The van der Waals surface area contributed by atoms with E-state index in [4.69, 9.17) is 0 Å². The highest BCUT2D eigenvalue weighted by molar-refractivity contribution is 14.1. The summed E-state index contributed by atoms with van der Waals surface area (Å²) in [5.41, 5.74) is 0.770. The molecule has 1 N–H and O–H groups in total. The molecular weight excluding hydrogens is 346 g/mol. The van der Waals surface area contributed by atoms with E-state index in [-0.39, 0.29) is 5.82 Å². The van der Waals surface area contributed by atoms with Gasteiger partial charge >= 0.3 is 0 Å². The average molecular weight is 360 g/mol. The van der Waals surface area contributed by atoms with Crippen LogP contribution in [0.4, 0.5) is 4.39 Å². The molecule has 0 aliphatic rings. The fourth-order valence-corrected chi connectivity index (χ4v) is 2.67. The second kappa shape index (κ2) is 5.79. The molecule has 1 aromatic heterocycles. The van der Waals surface area contributed by atoms with Crippen molar-refractivity contribution >= 4 is 22.6 Å². The molecule has 0 aliphatic carbocycles. The normalized spacial score (nSPS) is 12.7. The Bertz CT molecular complexity index is 542. The van der Waals surface area contributed by atoms with E-state index in [0.29, 0.717) is 12.8 Å². The van der Waals surface area contributed by atoms with E-state index in [2.05, 4.69) is 4.98 Å². The maximum absolute atomic E-state index is 13.0. The SMILES string of the molecule is Cn1ccnc1CCC(O)c1ccc(F)cc1I. The number of benzene rings is 1. The number of halogens is 2. The number of aromatic nitrogens is 2. The number of aliphatic hydroxyl groups excluding tert-OH is 1. The fourth-order valence-electron chi connectivity index (χ4n) is 1.83. The van der Waals surface area contributed by atoms with Gasteiger partial charge in [0.1, 0.15) is 11.6 Å². The number of rotatable bonds is 4. The van der Waals surface area contributed by atoms with Gasteiger partial charge in [-0.1, -0.05) is 6.07 Å². The molecule has 2 rings (SSSR count). The molecule has 3 nitrogen and oxygen atoms in total. The van der Waals surface area contributed by atoms with Crippen molar-refractivity contribution in [1.82, 2.24) is 9.55 Å². The Kier molecular flexibility index (Phi) is 4.34. The lowest BCUT2D eigenvalue weighted by Gasteiger charge is -2.12. The molecule has 18 heavy (non-hydrogen) atoms. The number of hydrogen-bond acceptors (Lipinski definition) is 2. The van der Waals surface area contributed by atoms with Gasteiger partial charge in [0.15, 0.2) is 0 Å². The third kappa shape index (κ3) is 3.08. The van der Waals surface area contributed by atoms with Gasteiger partial charge < -0.3 is 9.67 Å². The summed E-state index contributed by atoms with van der Waals surface area (Å²) in [5, 5.41) is 10.1. The van der Waals surface area contributed by atoms with Crippen LogP contribution >= 0.6 is 22.6 Å². The third-order valence-electron chi connectivity index (χ3n) is 2.88. The standard InChI is InChI=1S/C13H14FIN2O/c1-17-7-6-16-13(17)5-4-12(18)10-3-2-9(14)8-11(10)15/h2-3,6-8,12,18H,4-5H2,1H3. The van der Waals surface area contributed by atoms with Crippen LogP contribution in [0.5, 0.6) is 0 Å². The first kappa shape index (κ1) is 13.5. The van der Waals surface area contributed by atoms with Crippen molar-refractivity contribution in [1.29, 1.82) is 0 Å². The number of aliphatic hydroxyl groups is 1. The highest BCUT2D eigenvalue weighted by Gasteiger charge is 2.13. The van der Waals surface area contributed by atoms with Gasteiger partial charge in [-0.05, 0) is 46.7 Å². The summed E-state index contributed by atoms with van der Waals surface area (Å²) >= 11 is 2.04. The van der Waals surface area contributed by atoms with E-state index in [1.165, 1.54) is 12.1 Å². The lowest BCUT2D eigenvalue weighted by molar-refractivity contribution is 0.166. The number of hydrogen-bond donors (Lipinski definition) is 1. The first-order valence-electron chi connectivity index (χ1n) is 5.67. The Hall–Kier alpha value is -0.950. The van der Waals surface area contributed by atoms with E-state index in [0.717, 1.165) is 15.0 Å². The van der Waals surface area contributed by atoms with Gasteiger partial charge in [-0.25, -0.2) is 9.37 Å². The van der Waals surface area contributed by atoms with E-state index in [9.17, 15) is 9.50 Å². The van der Waals surface area contributed by atoms with Gasteiger partial charge in [-0.2, -0.15) is 0 Å². The molecule has 5 heteroatoms. The van der Waals surface area contributed by atoms with Crippen LogP contribution in [-0.2, 0) is 13.5 Å². The molecule has 0 saturated carbocycles. The van der Waals surface area contributed by atoms with Crippen LogP contribution in [0.15, 0.2) is 30.6 Å². The molecule has 1 aromatic carbocycles. The fraction of sp³-hybridized carbons (Fsp3) is 0.308. The second-order valence-corrected chi connectivity index (χ2v) is 5.34. The monoisotopic (exact) mass is 360 g/mol. The van der Waals surface area contributed by atoms with Gasteiger partial charge in [-0.3, -0.25) is 0 Å². The second-order valence-electron chi connectivity index (χ2n) is 4.17. The Labute approximate surface area is 119 Å². The molecule has 0 fully saturated rings. The van der Waals surface area contributed by atoms with Gasteiger partial charge in [0.2, 0.25) is 0 Å². The van der Waals surface area contributed by atoms with Crippen molar-refractivity contribution in [3.8, 4) is 0 Å². The van der Waals surface area contributed by atoms with Crippen LogP contribution in [-0.4, -0.2) is 14.7 Å². The minimum atomic E-state index is -0.589. The Morgan fingerprint density at radius 1 is 1.50 bits per heavy atom. The van der Waals surface area contributed by atoms with Crippen molar-refractivity contribution in [3.63, 3.8) is 0 Å². The minimum absolute atomic E-state index is 0.278. The molecule has 96 valence electrons. The zero-order valence-corrected chi connectivity index (χ0v) is 12.1. The van der Waals surface area contributed by atoms with Crippen LogP contribution < -0.4 is 0 Å². The third-order valence-corrected chi connectivity index (χ3v) is 3.82. The molecule has 2 aromatic rings. The molecular formula is C13H14FIN2O. The average Bonchev–Trinajstić information content (AvgIpc) is 2.72. The van der Waals surface area contributed by atoms with Gasteiger partial charge in [-0.15, -0.1) is 0 Å². The Balaban J connectivity index is 2.03. The van der Waals surface area contributed by atoms with Crippen LogP contribution in [0, 0.1) is 9.39 Å². The van der Waals surface area contributed by atoms with Gasteiger partial charge in [0.05, 0.1) is 6.10 Å². The molecule has 0 aliphatic heterocycles. The largest absolute Gasteiger partial charge is 0.388 e. The summed E-state index contributed by atoms with van der Waals surface area (Å²) in [4.78, 5) is 4.21. The van der Waals surface area contributed by atoms with Crippen LogP contribution in [0.1, 0.15) is 23.9 Å². The summed E-state index contributed by atoms with van der Waals surface area (Å²) < 4.78 is 15.7. The van der Waals surface area contributed by atoms with Crippen LogP contribution in [0.3, 0.4) is 0 Å². The predicted molar refractivity (Wildman–Crippen MR) is 75.6 cm³/mol. The van der Waals surface area contributed by atoms with Crippen molar-refractivity contribution < 1.29 is 9.50 Å². The van der Waals surface area contributed by atoms with Gasteiger partial charge in [0, 0.05) is 29.4 Å². The quantitative estimate of drug-likeness (QED) is 0.852. The summed E-state index contributed by atoms with van der Waals surface area (Å²) in [6, 6.07) is 4.45. The summed E-state index contributed by atoms with van der Waals surface area (Å²) in [6.07, 6.45) is 4.30. The number of aryl methyl sites for hydroxylation is 2. The predicted octanol–water partition coefficient (Wildman–Crippen LogP) is 2.83.